The molecule has 1 nitrogen and oxygen atoms in total. The largest absolute Gasteiger partial charge is 0.305 e. The summed E-state index contributed by atoms with van der Waals surface area (Å²) in [7, 11) is 0. The van der Waals surface area contributed by atoms with Crippen molar-refractivity contribution in [2.75, 3.05) is 0 Å². The number of allylic oxidation sites excluding steroid dienone is 2. The average molecular weight is 185 g/mol. The number of rotatable bonds is 1. The zero-order valence-electron chi connectivity index (χ0n) is 8.72. The van der Waals surface area contributed by atoms with Crippen molar-refractivity contribution < 1.29 is 0 Å². The molecule has 0 amide bonds. The van der Waals surface area contributed by atoms with Crippen LogP contribution in [-0.4, -0.2) is 5.71 Å². The average Bonchev–Trinajstić information content (AvgIpc) is 2.17. The summed E-state index contributed by atoms with van der Waals surface area (Å²) in [5.41, 5.74) is 5.85. The molecule has 0 saturated carbocycles. The molecule has 0 saturated heterocycles. The molecule has 1 aliphatic carbocycles. The molecule has 1 aromatic carbocycles. The van der Waals surface area contributed by atoms with Crippen LogP contribution in [0.15, 0.2) is 24.3 Å². The van der Waals surface area contributed by atoms with Crippen LogP contribution in [0.5, 0.6) is 0 Å². The third-order valence-electron chi connectivity index (χ3n) is 2.85. The lowest BCUT2D eigenvalue weighted by atomic mass is 9.87. The van der Waals surface area contributed by atoms with Crippen LogP contribution in [-0.2, 0) is 6.42 Å². The lowest BCUT2D eigenvalue weighted by Gasteiger charge is -2.18. The SMILES string of the molecule is CC(=N)c1cccc2c1CCC=C2C. The van der Waals surface area contributed by atoms with Crippen LogP contribution < -0.4 is 0 Å². The van der Waals surface area contributed by atoms with Gasteiger partial charge in [0.25, 0.3) is 0 Å². The third kappa shape index (κ3) is 1.39. The lowest BCUT2D eigenvalue weighted by molar-refractivity contribution is 0.970. The second-order valence-corrected chi connectivity index (χ2v) is 3.88. The summed E-state index contributed by atoms with van der Waals surface area (Å²) < 4.78 is 0. The Bertz CT molecular complexity index is 413. The number of fused-ring (bicyclic) bond motifs is 1. The molecule has 0 aromatic heterocycles. The van der Waals surface area contributed by atoms with Gasteiger partial charge in [0, 0.05) is 5.71 Å². The minimum absolute atomic E-state index is 0.677. The molecule has 0 unspecified atom stereocenters. The van der Waals surface area contributed by atoms with Gasteiger partial charge < -0.3 is 5.41 Å². The van der Waals surface area contributed by atoms with Crippen molar-refractivity contribution in [3.8, 4) is 0 Å². The van der Waals surface area contributed by atoms with Crippen molar-refractivity contribution in [2.45, 2.75) is 26.7 Å². The zero-order valence-corrected chi connectivity index (χ0v) is 8.72. The molecule has 2 rings (SSSR count). The molecule has 0 fully saturated rings. The van der Waals surface area contributed by atoms with Gasteiger partial charge in [-0.25, -0.2) is 0 Å². The van der Waals surface area contributed by atoms with Gasteiger partial charge in [-0.05, 0) is 49.0 Å². The van der Waals surface area contributed by atoms with E-state index in [1.807, 2.05) is 6.92 Å². The second kappa shape index (κ2) is 3.41. The summed E-state index contributed by atoms with van der Waals surface area (Å²) in [6.45, 7) is 4.02. The number of hydrogen-bond acceptors (Lipinski definition) is 1. The maximum atomic E-state index is 7.72. The Kier molecular flexibility index (Phi) is 2.24. The fourth-order valence-corrected chi connectivity index (χ4v) is 2.12. The first-order valence-electron chi connectivity index (χ1n) is 5.04. The highest BCUT2D eigenvalue weighted by molar-refractivity contribution is 5.99. The van der Waals surface area contributed by atoms with Crippen molar-refractivity contribution in [1.82, 2.24) is 0 Å². The van der Waals surface area contributed by atoms with Crippen molar-refractivity contribution in [3.05, 3.63) is 41.0 Å². The first-order chi connectivity index (χ1) is 6.70. The molecular weight excluding hydrogens is 170 g/mol. The van der Waals surface area contributed by atoms with E-state index >= 15 is 0 Å². The Balaban J connectivity index is 2.63. The van der Waals surface area contributed by atoms with Gasteiger partial charge in [-0.15, -0.1) is 0 Å². The van der Waals surface area contributed by atoms with Gasteiger partial charge in [0.15, 0.2) is 0 Å². The second-order valence-electron chi connectivity index (χ2n) is 3.88. The molecule has 72 valence electrons. The summed E-state index contributed by atoms with van der Waals surface area (Å²) in [6, 6.07) is 6.27. The maximum absolute atomic E-state index is 7.72. The van der Waals surface area contributed by atoms with Crippen molar-refractivity contribution in [1.29, 1.82) is 5.41 Å². The standard InChI is InChI=1S/C13H15N/c1-9-5-3-8-13-11(9)6-4-7-12(13)10(2)14/h4-7,14H,3,8H2,1-2H3. The van der Waals surface area contributed by atoms with Crippen molar-refractivity contribution in [3.63, 3.8) is 0 Å². The van der Waals surface area contributed by atoms with Crippen LogP contribution in [0.2, 0.25) is 0 Å². The van der Waals surface area contributed by atoms with Crippen LogP contribution in [0.1, 0.15) is 37.0 Å². The van der Waals surface area contributed by atoms with E-state index < -0.39 is 0 Å². The quantitative estimate of drug-likeness (QED) is 0.648. The summed E-state index contributed by atoms with van der Waals surface area (Å²) in [5.74, 6) is 0. The minimum atomic E-state index is 0.677. The van der Waals surface area contributed by atoms with Crippen LogP contribution in [0.25, 0.3) is 5.57 Å². The highest BCUT2D eigenvalue weighted by Gasteiger charge is 2.13. The molecule has 0 bridgehead atoms. The minimum Gasteiger partial charge on any atom is -0.305 e. The van der Waals surface area contributed by atoms with Gasteiger partial charge in [0.2, 0.25) is 0 Å². The zero-order chi connectivity index (χ0) is 10.1. The predicted molar refractivity (Wildman–Crippen MR) is 60.9 cm³/mol. The Hall–Kier alpha value is -1.37. The molecule has 0 atom stereocenters. The van der Waals surface area contributed by atoms with Crippen molar-refractivity contribution in [2.24, 2.45) is 0 Å². The van der Waals surface area contributed by atoms with Gasteiger partial charge in [0.1, 0.15) is 0 Å². The molecule has 1 aliphatic rings. The summed E-state index contributed by atoms with van der Waals surface area (Å²) in [4.78, 5) is 0. The molecule has 1 heteroatoms. The van der Waals surface area contributed by atoms with Gasteiger partial charge in [0.05, 0.1) is 0 Å². The molecule has 0 spiro atoms. The molecule has 14 heavy (non-hydrogen) atoms. The smallest absolute Gasteiger partial charge is 0.0358 e. The Morgan fingerprint density at radius 3 is 2.86 bits per heavy atom. The van der Waals surface area contributed by atoms with E-state index in [9.17, 15) is 0 Å². The van der Waals surface area contributed by atoms with Gasteiger partial charge in [-0.3, -0.25) is 0 Å². The highest BCUT2D eigenvalue weighted by atomic mass is 14.4. The normalized spacial score (nSPS) is 14.6. The number of nitrogens with one attached hydrogen (secondary N) is 1. The Morgan fingerprint density at radius 2 is 2.14 bits per heavy atom. The van der Waals surface area contributed by atoms with Crippen LogP contribution in [0.4, 0.5) is 0 Å². The van der Waals surface area contributed by atoms with Gasteiger partial charge >= 0.3 is 0 Å². The number of hydrogen-bond donors (Lipinski definition) is 1. The lowest BCUT2D eigenvalue weighted by Crippen LogP contribution is -2.05. The first-order valence-corrected chi connectivity index (χ1v) is 5.04. The van der Waals surface area contributed by atoms with E-state index in [2.05, 4.69) is 31.2 Å². The summed E-state index contributed by atoms with van der Waals surface area (Å²) in [5, 5.41) is 7.72. The topological polar surface area (TPSA) is 23.9 Å². The Labute approximate surface area is 85.0 Å². The number of benzene rings is 1. The van der Waals surface area contributed by atoms with E-state index in [1.54, 1.807) is 0 Å². The Morgan fingerprint density at radius 1 is 1.36 bits per heavy atom. The highest BCUT2D eigenvalue weighted by Crippen LogP contribution is 2.28. The van der Waals surface area contributed by atoms with Crippen LogP contribution >= 0.6 is 0 Å². The van der Waals surface area contributed by atoms with Crippen molar-refractivity contribution >= 4 is 11.3 Å². The molecular formula is C13H15N. The fourth-order valence-electron chi connectivity index (χ4n) is 2.12. The predicted octanol–water partition coefficient (Wildman–Crippen LogP) is 3.42. The molecule has 0 heterocycles. The van der Waals surface area contributed by atoms with E-state index in [-0.39, 0.29) is 0 Å². The molecule has 0 radical (unpaired) electrons. The van der Waals surface area contributed by atoms with Crippen LogP contribution in [0, 0.1) is 5.41 Å². The monoisotopic (exact) mass is 185 g/mol. The van der Waals surface area contributed by atoms with E-state index in [4.69, 9.17) is 5.41 Å². The third-order valence-corrected chi connectivity index (χ3v) is 2.85. The fraction of sp³-hybridized carbons (Fsp3) is 0.308. The maximum Gasteiger partial charge on any atom is 0.0358 e. The molecule has 1 aromatic rings. The summed E-state index contributed by atoms with van der Waals surface area (Å²) in [6.07, 6.45) is 4.48. The molecule has 0 aliphatic heterocycles. The van der Waals surface area contributed by atoms with Gasteiger partial charge in [-0.2, -0.15) is 0 Å². The van der Waals surface area contributed by atoms with E-state index in [0.717, 1.165) is 18.4 Å². The molecule has 1 N–H and O–H groups in total. The van der Waals surface area contributed by atoms with E-state index in [0.29, 0.717) is 5.71 Å². The first kappa shape index (κ1) is 9.20. The van der Waals surface area contributed by atoms with Crippen LogP contribution in [0.3, 0.4) is 0 Å². The summed E-state index contributed by atoms with van der Waals surface area (Å²) >= 11 is 0. The van der Waals surface area contributed by atoms with E-state index in [1.165, 1.54) is 16.7 Å². The van der Waals surface area contributed by atoms with Gasteiger partial charge in [-0.1, -0.05) is 24.3 Å².